The summed E-state index contributed by atoms with van der Waals surface area (Å²) in [6.07, 6.45) is 3.20. The molecule has 1 unspecified atom stereocenters. The molecular formula is C12H11F2N3O. The molecule has 18 heavy (non-hydrogen) atoms. The van der Waals surface area contributed by atoms with Gasteiger partial charge in [0.1, 0.15) is 5.82 Å². The average molecular weight is 251 g/mol. The lowest BCUT2D eigenvalue weighted by Gasteiger charge is -2.11. The number of nitrogens with zero attached hydrogens (tertiary/aromatic N) is 1. The predicted molar refractivity (Wildman–Crippen MR) is 60.8 cm³/mol. The summed E-state index contributed by atoms with van der Waals surface area (Å²) in [6.45, 7) is 1.73. The first kappa shape index (κ1) is 12.2. The van der Waals surface area contributed by atoms with Crippen LogP contribution in [0.1, 0.15) is 29.1 Å². The number of aromatic nitrogens is 2. The highest BCUT2D eigenvalue weighted by atomic mass is 19.2. The number of amides is 1. The van der Waals surface area contributed by atoms with Crippen LogP contribution in [0.2, 0.25) is 0 Å². The zero-order chi connectivity index (χ0) is 13.1. The van der Waals surface area contributed by atoms with Crippen molar-refractivity contribution < 1.29 is 13.6 Å². The van der Waals surface area contributed by atoms with Crippen molar-refractivity contribution in [2.75, 3.05) is 0 Å². The van der Waals surface area contributed by atoms with Crippen LogP contribution in [0.15, 0.2) is 30.6 Å². The number of nitrogens with one attached hydrogen (secondary N) is 2. The highest BCUT2D eigenvalue weighted by Crippen LogP contribution is 2.11. The number of imidazole rings is 1. The number of H-pyrrole nitrogens is 1. The third kappa shape index (κ3) is 2.53. The summed E-state index contributed by atoms with van der Waals surface area (Å²) >= 11 is 0. The topological polar surface area (TPSA) is 57.8 Å². The standard InChI is InChI=1S/C12H11F2N3O/c1-7(11-15-4-5-16-11)17-12(18)8-2-3-9(13)10(14)6-8/h2-7H,1H3,(H,15,16)(H,17,18). The van der Waals surface area contributed by atoms with E-state index in [2.05, 4.69) is 15.3 Å². The first-order chi connectivity index (χ1) is 8.58. The Morgan fingerprint density at radius 1 is 1.39 bits per heavy atom. The highest BCUT2D eigenvalue weighted by molar-refractivity contribution is 5.94. The fourth-order valence-corrected chi connectivity index (χ4v) is 1.50. The van der Waals surface area contributed by atoms with E-state index >= 15 is 0 Å². The Labute approximate surface area is 102 Å². The molecule has 1 heterocycles. The molecule has 0 bridgehead atoms. The smallest absolute Gasteiger partial charge is 0.251 e. The molecule has 1 atom stereocenters. The summed E-state index contributed by atoms with van der Waals surface area (Å²) in [7, 11) is 0. The van der Waals surface area contributed by atoms with Crippen LogP contribution in [-0.4, -0.2) is 15.9 Å². The number of halogens is 2. The molecule has 0 aliphatic carbocycles. The Balaban J connectivity index is 2.10. The second kappa shape index (κ2) is 4.95. The van der Waals surface area contributed by atoms with Crippen LogP contribution in [0.4, 0.5) is 8.78 Å². The maximum Gasteiger partial charge on any atom is 0.251 e. The number of carbonyl (C=O) groups excluding carboxylic acids is 1. The lowest BCUT2D eigenvalue weighted by atomic mass is 10.2. The maximum atomic E-state index is 13.0. The number of rotatable bonds is 3. The molecule has 4 nitrogen and oxygen atoms in total. The molecule has 1 amide bonds. The van der Waals surface area contributed by atoms with Gasteiger partial charge in [0.15, 0.2) is 11.6 Å². The molecular weight excluding hydrogens is 240 g/mol. The van der Waals surface area contributed by atoms with Gasteiger partial charge in [0.2, 0.25) is 0 Å². The molecule has 0 radical (unpaired) electrons. The van der Waals surface area contributed by atoms with Gasteiger partial charge in [-0.05, 0) is 25.1 Å². The number of hydrogen-bond donors (Lipinski definition) is 2. The molecule has 6 heteroatoms. The van der Waals surface area contributed by atoms with E-state index in [9.17, 15) is 13.6 Å². The lowest BCUT2D eigenvalue weighted by Crippen LogP contribution is -2.27. The fourth-order valence-electron chi connectivity index (χ4n) is 1.50. The predicted octanol–water partition coefficient (Wildman–Crippen LogP) is 2.18. The van der Waals surface area contributed by atoms with E-state index in [0.717, 1.165) is 12.1 Å². The van der Waals surface area contributed by atoms with Crippen LogP contribution >= 0.6 is 0 Å². The van der Waals surface area contributed by atoms with Gasteiger partial charge in [0.05, 0.1) is 6.04 Å². The zero-order valence-electron chi connectivity index (χ0n) is 9.58. The molecule has 0 fully saturated rings. The summed E-state index contributed by atoms with van der Waals surface area (Å²) in [5, 5.41) is 2.62. The van der Waals surface area contributed by atoms with E-state index in [1.807, 2.05) is 0 Å². The lowest BCUT2D eigenvalue weighted by molar-refractivity contribution is 0.0938. The second-order valence-electron chi connectivity index (χ2n) is 3.80. The van der Waals surface area contributed by atoms with Gasteiger partial charge < -0.3 is 10.3 Å². The minimum atomic E-state index is -1.05. The number of hydrogen-bond acceptors (Lipinski definition) is 2. The van der Waals surface area contributed by atoms with Gasteiger partial charge in [0.25, 0.3) is 5.91 Å². The van der Waals surface area contributed by atoms with Crippen molar-refractivity contribution in [2.24, 2.45) is 0 Å². The fraction of sp³-hybridized carbons (Fsp3) is 0.167. The minimum Gasteiger partial charge on any atom is -0.347 e. The van der Waals surface area contributed by atoms with Crippen LogP contribution < -0.4 is 5.32 Å². The van der Waals surface area contributed by atoms with Crippen LogP contribution in [0.25, 0.3) is 0 Å². The van der Waals surface area contributed by atoms with E-state index in [4.69, 9.17) is 0 Å². The average Bonchev–Trinajstić information content (AvgIpc) is 2.86. The summed E-state index contributed by atoms with van der Waals surface area (Å²) in [6, 6.07) is 2.66. The molecule has 0 saturated heterocycles. The zero-order valence-corrected chi connectivity index (χ0v) is 9.58. The van der Waals surface area contributed by atoms with E-state index in [1.54, 1.807) is 19.3 Å². The quantitative estimate of drug-likeness (QED) is 0.878. The van der Waals surface area contributed by atoms with Gasteiger partial charge in [0, 0.05) is 18.0 Å². The van der Waals surface area contributed by atoms with Crippen LogP contribution in [0.5, 0.6) is 0 Å². The van der Waals surface area contributed by atoms with Crippen molar-refractivity contribution in [3.63, 3.8) is 0 Å². The first-order valence-corrected chi connectivity index (χ1v) is 5.33. The largest absolute Gasteiger partial charge is 0.347 e. The van der Waals surface area contributed by atoms with Crippen LogP contribution in [0.3, 0.4) is 0 Å². The third-order valence-electron chi connectivity index (χ3n) is 2.46. The second-order valence-corrected chi connectivity index (χ2v) is 3.80. The Morgan fingerprint density at radius 2 is 2.17 bits per heavy atom. The van der Waals surface area contributed by atoms with Crippen molar-refractivity contribution >= 4 is 5.91 Å². The van der Waals surface area contributed by atoms with Crippen LogP contribution in [-0.2, 0) is 0 Å². The van der Waals surface area contributed by atoms with Crippen molar-refractivity contribution in [2.45, 2.75) is 13.0 Å². The van der Waals surface area contributed by atoms with Crippen LogP contribution in [0, 0.1) is 11.6 Å². The molecule has 0 saturated carbocycles. The van der Waals surface area contributed by atoms with Gasteiger partial charge in [-0.2, -0.15) is 0 Å². The van der Waals surface area contributed by atoms with Gasteiger partial charge >= 0.3 is 0 Å². The molecule has 0 aliphatic heterocycles. The summed E-state index contributed by atoms with van der Waals surface area (Å²) in [5.74, 6) is -1.93. The van der Waals surface area contributed by atoms with E-state index in [-0.39, 0.29) is 11.6 Å². The highest BCUT2D eigenvalue weighted by Gasteiger charge is 2.14. The molecule has 2 aromatic rings. The van der Waals surface area contributed by atoms with Gasteiger partial charge in [-0.1, -0.05) is 0 Å². The summed E-state index contributed by atoms with van der Waals surface area (Å²) < 4.78 is 25.7. The molecule has 1 aromatic heterocycles. The molecule has 2 N–H and O–H groups in total. The Hall–Kier alpha value is -2.24. The Kier molecular flexibility index (Phi) is 3.36. The van der Waals surface area contributed by atoms with E-state index in [0.29, 0.717) is 5.82 Å². The summed E-state index contributed by atoms with van der Waals surface area (Å²) in [5.41, 5.74) is 0.0623. The molecule has 94 valence electrons. The normalized spacial score (nSPS) is 12.2. The number of benzene rings is 1. The molecule has 0 aliphatic rings. The summed E-state index contributed by atoms with van der Waals surface area (Å²) in [4.78, 5) is 18.6. The van der Waals surface area contributed by atoms with Crippen molar-refractivity contribution in [1.82, 2.24) is 15.3 Å². The van der Waals surface area contributed by atoms with Gasteiger partial charge in [-0.3, -0.25) is 4.79 Å². The van der Waals surface area contributed by atoms with Crippen molar-refractivity contribution in [1.29, 1.82) is 0 Å². The van der Waals surface area contributed by atoms with Crippen molar-refractivity contribution in [3.8, 4) is 0 Å². The van der Waals surface area contributed by atoms with E-state index in [1.165, 1.54) is 6.07 Å². The molecule has 2 rings (SSSR count). The monoisotopic (exact) mass is 251 g/mol. The first-order valence-electron chi connectivity index (χ1n) is 5.33. The third-order valence-corrected chi connectivity index (χ3v) is 2.46. The van der Waals surface area contributed by atoms with Gasteiger partial charge in [-0.15, -0.1) is 0 Å². The Bertz CT molecular complexity index is 554. The minimum absolute atomic E-state index is 0.0623. The number of aromatic amines is 1. The molecule has 0 spiro atoms. The Morgan fingerprint density at radius 3 is 2.78 bits per heavy atom. The van der Waals surface area contributed by atoms with Crippen molar-refractivity contribution in [3.05, 3.63) is 53.6 Å². The SMILES string of the molecule is CC(NC(=O)c1ccc(F)c(F)c1)c1ncc[nH]1. The maximum absolute atomic E-state index is 13.0. The van der Waals surface area contributed by atoms with E-state index < -0.39 is 17.5 Å². The van der Waals surface area contributed by atoms with Gasteiger partial charge in [-0.25, -0.2) is 13.8 Å². The molecule has 1 aromatic carbocycles. The number of carbonyl (C=O) groups is 1.